The SMILES string of the molecule is C[Si](C)(Cl)CC1CCCCCC/C=C/CCCCCCC1. The quantitative estimate of drug-likeness (QED) is 0.277. The highest BCUT2D eigenvalue weighted by Crippen LogP contribution is 2.29. The first-order chi connectivity index (χ1) is 10.1. The van der Waals surface area contributed by atoms with E-state index < -0.39 is 7.38 Å². The third-order valence-electron chi connectivity index (χ3n) is 4.66. The number of hydrogen-bond donors (Lipinski definition) is 0. The van der Waals surface area contributed by atoms with Crippen LogP contribution in [-0.2, 0) is 0 Å². The Kier molecular flexibility index (Phi) is 10.8. The van der Waals surface area contributed by atoms with Crippen LogP contribution < -0.4 is 0 Å². The van der Waals surface area contributed by atoms with Crippen LogP contribution in [0.15, 0.2) is 12.2 Å². The molecule has 0 nitrogen and oxygen atoms in total. The van der Waals surface area contributed by atoms with Crippen molar-refractivity contribution in [1.29, 1.82) is 0 Å². The van der Waals surface area contributed by atoms with Gasteiger partial charge in [0.05, 0.1) is 0 Å². The van der Waals surface area contributed by atoms with Gasteiger partial charge in [-0.3, -0.25) is 0 Å². The molecule has 0 aromatic heterocycles. The topological polar surface area (TPSA) is 0 Å². The zero-order chi connectivity index (χ0) is 15.4. The predicted octanol–water partition coefficient (Wildman–Crippen LogP) is 7.69. The molecule has 1 unspecified atom stereocenters. The maximum absolute atomic E-state index is 6.61. The Labute approximate surface area is 139 Å². The summed E-state index contributed by atoms with van der Waals surface area (Å²) in [6.07, 6.45) is 23.0. The fraction of sp³-hybridized carbons (Fsp3) is 0.895. The van der Waals surface area contributed by atoms with Crippen molar-refractivity contribution >= 4 is 18.5 Å². The van der Waals surface area contributed by atoms with E-state index >= 15 is 0 Å². The van der Waals surface area contributed by atoms with E-state index in [2.05, 4.69) is 25.2 Å². The lowest BCUT2D eigenvalue weighted by Gasteiger charge is -2.23. The molecule has 0 aromatic rings. The van der Waals surface area contributed by atoms with Gasteiger partial charge in [0.15, 0.2) is 7.38 Å². The Balaban J connectivity index is 2.35. The Hall–Kier alpha value is 0.247. The van der Waals surface area contributed by atoms with Crippen molar-refractivity contribution in [1.82, 2.24) is 0 Å². The minimum atomic E-state index is -1.40. The van der Waals surface area contributed by atoms with Crippen molar-refractivity contribution in [3.63, 3.8) is 0 Å². The number of hydrogen-bond acceptors (Lipinski definition) is 0. The van der Waals surface area contributed by atoms with Crippen LogP contribution in [0.5, 0.6) is 0 Å². The van der Waals surface area contributed by atoms with Crippen LogP contribution in [0.4, 0.5) is 0 Å². The first-order valence-electron chi connectivity index (χ1n) is 9.42. The molecule has 0 N–H and O–H groups in total. The fourth-order valence-corrected chi connectivity index (χ4v) is 5.98. The summed E-state index contributed by atoms with van der Waals surface area (Å²) in [4.78, 5) is 0. The molecule has 0 radical (unpaired) electrons. The van der Waals surface area contributed by atoms with Gasteiger partial charge < -0.3 is 0 Å². The summed E-state index contributed by atoms with van der Waals surface area (Å²) in [7, 11) is -1.40. The van der Waals surface area contributed by atoms with E-state index in [0.29, 0.717) is 0 Å². The van der Waals surface area contributed by atoms with Crippen LogP contribution in [0.3, 0.4) is 0 Å². The van der Waals surface area contributed by atoms with Gasteiger partial charge in [-0.05, 0) is 37.6 Å². The van der Waals surface area contributed by atoms with Crippen molar-refractivity contribution in [3.8, 4) is 0 Å². The predicted molar refractivity (Wildman–Crippen MR) is 101 cm³/mol. The Morgan fingerprint density at radius 1 is 0.762 bits per heavy atom. The maximum atomic E-state index is 6.61. The molecular formula is C19H37ClSi. The zero-order valence-corrected chi connectivity index (χ0v) is 16.3. The van der Waals surface area contributed by atoms with E-state index in [4.69, 9.17) is 11.1 Å². The Bertz CT molecular complexity index is 267. The normalized spacial score (nSPS) is 26.3. The van der Waals surface area contributed by atoms with Gasteiger partial charge in [-0.15, -0.1) is 0 Å². The van der Waals surface area contributed by atoms with E-state index in [1.165, 1.54) is 89.5 Å². The van der Waals surface area contributed by atoms with E-state index in [1.54, 1.807) is 0 Å². The molecule has 2 heteroatoms. The summed E-state index contributed by atoms with van der Waals surface area (Å²) >= 11 is 6.61. The third-order valence-corrected chi connectivity index (χ3v) is 6.67. The van der Waals surface area contributed by atoms with Crippen molar-refractivity contribution in [2.45, 2.75) is 103 Å². The average Bonchev–Trinajstić information content (AvgIpc) is 2.39. The molecule has 1 aliphatic carbocycles. The average molecular weight is 329 g/mol. The molecular weight excluding hydrogens is 292 g/mol. The molecule has 0 heterocycles. The molecule has 1 atom stereocenters. The molecule has 1 rings (SSSR count). The standard InChI is InChI=1S/C19H37ClSi/c1-21(2,20)18-19-16-14-12-10-8-6-4-3-5-7-9-11-13-15-17-19/h3-4,19H,5-18H2,1-2H3/b4-3+. The molecule has 0 fully saturated rings. The van der Waals surface area contributed by atoms with E-state index in [1.807, 2.05) is 0 Å². The highest BCUT2D eigenvalue weighted by atomic mass is 35.6. The first kappa shape index (κ1) is 19.3. The van der Waals surface area contributed by atoms with Gasteiger partial charge in [-0.1, -0.05) is 83.0 Å². The van der Waals surface area contributed by atoms with Gasteiger partial charge in [-0.25, -0.2) is 0 Å². The molecule has 0 aliphatic heterocycles. The van der Waals surface area contributed by atoms with Gasteiger partial charge in [-0.2, -0.15) is 11.1 Å². The molecule has 0 amide bonds. The molecule has 124 valence electrons. The highest BCUT2D eigenvalue weighted by molar-refractivity contribution is 7.19. The van der Waals surface area contributed by atoms with Gasteiger partial charge in [0.25, 0.3) is 0 Å². The van der Waals surface area contributed by atoms with Gasteiger partial charge >= 0.3 is 0 Å². The molecule has 1 aliphatic rings. The Morgan fingerprint density at radius 3 is 1.67 bits per heavy atom. The molecule has 0 saturated heterocycles. The first-order valence-corrected chi connectivity index (χ1v) is 13.6. The molecule has 0 aromatic carbocycles. The number of rotatable bonds is 2. The van der Waals surface area contributed by atoms with E-state index in [-0.39, 0.29) is 0 Å². The summed E-state index contributed by atoms with van der Waals surface area (Å²) in [5, 5.41) is 0. The van der Waals surface area contributed by atoms with Crippen molar-refractivity contribution < 1.29 is 0 Å². The lowest BCUT2D eigenvalue weighted by molar-refractivity contribution is 0.430. The van der Waals surface area contributed by atoms with Crippen LogP contribution >= 0.6 is 11.1 Å². The molecule has 0 saturated carbocycles. The Morgan fingerprint density at radius 2 is 1.19 bits per heavy atom. The summed E-state index contributed by atoms with van der Waals surface area (Å²) in [5.74, 6) is 0.914. The van der Waals surface area contributed by atoms with Crippen molar-refractivity contribution in [3.05, 3.63) is 12.2 Å². The van der Waals surface area contributed by atoms with Gasteiger partial charge in [0.1, 0.15) is 0 Å². The van der Waals surface area contributed by atoms with Crippen molar-refractivity contribution in [2.24, 2.45) is 5.92 Å². The molecule has 0 spiro atoms. The van der Waals surface area contributed by atoms with E-state index in [0.717, 1.165) is 5.92 Å². The zero-order valence-electron chi connectivity index (χ0n) is 14.5. The smallest absolute Gasteiger partial charge is 0.150 e. The van der Waals surface area contributed by atoms with Crippen LogP contribution in [0.2, 0.25) is 19.1 Å². The maximum Gasteiger partial charge on any atom is 0.150 e. The fourth-order valence-electron chi connectivity index (χ4n) is 3.54. The second-order valence-electron chi connectivity index (χ2n) is 7.60. The lowest BCUT2D eigenvalue weighted by atomic mass is 9.95. The van der Waals surface area contributed by atoms with Crippen molar-refractivity contribution in [2.75, 3.05) is 0 Å². The van der Waals surface area contributed by atoms with Crippen LogP contribution in [0, 0.1) is 5.92 Å². The summed E-state index contributed by atoms with van der Waals surface area (Å²) in [5.41, 5.74) is 0. The summed E-state index contributed by atoms with van der Waals surface area (Å²) in [6.45, 7) is 4.64. The van der Waals surface area contributed by atoms with E-state index in [9.17, 15) is 0 Å². The minimum Gasteiger partial charge on any atom is -0.168 e. The van der Waals surface area contributed by atoms with Crippen LogP contribution in [-0.4, -0.2) is 7.38 Å². The second-order valence-corrected chi connectivity index (χ2v) is 14.5. The minimum absolute atomic E-state index is 0.914. The van der Waals surface area contributed by atoms with Gasteiger partial charge in [0, 0.05) is 0 Å². The second kappa shape index (κ2) is 11.8. The molecule has 0 bridgehead atoms. The summed E-state index contributed by atoms with van der Waals surface area (Å²) in [6, 6.07) is 1.33. The number of allylic oxidation sites excluding steroid dienone is 2. The number of halogens is 1. The monoisotopic (exact) mass is 328 g/mol. The van der Waals surface area contributed by atoms with Crippen LogP contribution in [0.25, 0.3) is 0 Å². The lowest BCUT2D eigenvalue weighted by Crippen LogP contribution is -2.21. The molecule has 21 heavy (non-hydrogen) atoms. The third kappa shape index (κ3) is 12.5. The largest absolute Gasteiger partial charge is 0.168 e. The van der Waals surface area contributed by atoms with Crippen LogP contribution in [0.1, 0.15) is 83.5 Å². The van der Waals surface area contributed by atoms with Gasteiger partial charge in [0.2, 0.25) is 0 Å². The highest BCUT2D eigenvalue weighted by Gasteiger charge is 2.22. The summed E-state index contributed by atoms with van der Waals surface area (Å²) < 4.78 is 0.